The molecule has 31 heavy (non-hydrogen) atoms. The maximum absolute atomic E-state index is 12.7. The van der Waals surface area contributed by atoms with Crippen LogP contribution >= 0.6 is 11.6 Å². The van der Waals surface area contributed by atoms with Crippen LogP contribution < -0.4 is 5.32 Å². The first-order valence-corrected chi connectivity index (χ1v) is 10.6. The molecule has 1 atom stereocenters. The number of hydrogen-bond acceptors (Lipinski definition) is 5. The number of aryl methyl sites for hydroxylation is 1. The molecule has 0 unspecified atom stereocenters. The summed E-state index contributed by atoms with van der Waals surface area (Å²) in [6.07, 6.45) is 1.76. The van der Waals surface area contributed by atoms with Gasteiger partial charge in [0.15, 0.2) is 5.82 Å². The topological polar surface area (TPSA) is 107 Å². The molecule has 1 aliphatic heterocycles. The minimum absolute atomic E-state index is 0.0522. The van der Waals surface area contributed by atoms with Crippen molar-refractivity contribution in [1.82, 2.24) is 30.2 Å². The van der Waals surface area contributed by atoms with Crippen molar-refractivity contribution in [2.45, 2.75) is 38.8 Å². The van der Waals surface area contributed by atoms with Crippen molar-refractivity contribution in [2.75, 3.05) is 20.1 Å². The number of amides is 3. The molecule has 10 heteroatoms. The predicted octanol–water partition coefficient (Wildman–Crippen LogP) is 2.89. The van der Waals surface area contributed by atoms with Crippen LogP contribution in [-0.4, -0.2) is 63.0 Å². The first-order valence-electron chi connectivity index (χ1n) is 10.2. The molecule has 0 spiro atoms. The number of fused-ring (bicyclic) bond motifs is 1. The van der Waals surface area contributed by atoms with Crippen molar-refractivity contribution < 1.29 is 14.1 Å². The Bertz CT molecular complexity index is 1090. The lowest BCUT2D eigenvalue weighted by molar-refractivity contribution is -0.132. The smallest absolute Gasteiger partial charge is 0.317 e. The molecule has 0 bridgehead atoms. The van der Waals surface area contributed by atoms with Crippen molar-refractivity contribution >= 4 is 34.4 Å². The van der Waals surface area contributed by atoms with E-state index >= 15 is 0 Å². The summed E-state index contributed by atoms with van der Waals surface area (Å²) in [7, 11) is 1.76. The highest BCUT2D eigenvalue weighted by molar-refractivity contribution is 6.31. The van der Waals surface area contributed by atoms with Crippen LogP contribution in [0.1, 0.15) is 30.3 Å². The molecular formula is C21H25ClN6O3. The number of H-pyrrole nitrogens is 1. The van der Waals surface area contributed by atoms with Gasteiger partial charge in [0, 0.05) is 41.8 Å². The van der Waals surface area contributed by atoms with Crippen LogP contribution in [0.2, 0.25) is 5.02 Å². The molecule has 1 saturated heterocycles. The van der Waals surface area contributed by atoms with E-state index in [1.54, 1.807) is 23.8 Å². The van der Waals surface area contributed by atoms with Gasteiger partial charge in [-0.3, -0.25) is 4.79 Å². The van der Waals surface area contributed by atoms with Gasteiger partial charge < -0.3 is 24.6 Å². The molecule has 164 valence electrons. The zero-order valence-corrected chi connectivity index (χ0v) is 18.3. The third kappa shape index (κ3) is 4.99. The zero-order chi connectivity index (χ0) is 22.0. The highest BCUT2D eigenvalue weighted by Gasteiger charge is 2.29. The molecule has 1 aromatic carbocycles. The molecule has 3 aromatic rings. The molecule has 2 N–H and O–H groups in total. The van der Waals surface area contributed by atoms with E-state index in [1.807, 2.05) is 24.3 Å². The molecular weight excluding hydrogens is 420 g/mol. The van der Waals surface area contributed by atoms with E-state index in [9.17, 15) is 9.59 Å². The molecule has 1 fully saturated rings. The molecule has 1 aliphatic rings. The van der Waals surface area contributed by atoms with Crippen molar-refractivity contribution in [3.8, 4) is 0 Å². The fourth-order valence-corrected chi connectivity index (χ4v) is 4.05. The highest BCUT2D eigenvalue weighted by Crippen LogP contribution is 2.20. The van der Waals surface area contributed by atoms with Crippen molar-refractivity contribution in [3.63, 3.8) is 0 Å². The van der Waals surface area contributed by atoms with Gasteiger partial charge in [-0.1, -0.05) is 16.8 Å². The monoisotopic (exact) mass is 444 g/mol. The Morgan fingerprint density at radius 3 is 3.00 bits per heavy atom. The van der Waals surface area contributed by atoms with Gasteiger partial charge in [-0.2, -0.15) is 4.98 Å². The van der Waals surface area contributed by atoms with Gasteiger partial charge in [-0.25, -0.2) is 4.79 Å². The summed E-state index contributed by atoms with van der Waals surface area (Å²) in [4.78, 5) is 36.1. The summed E-state index contributed by atoms with van der Waals surface area (Å²) >= 11 is 6.03. The largest absolute Gasteiger partial charge is 0.357 e. The zero-order valence-electron chi connectivity index (χ0n) is 17.5. The number of nitrogens with one attached hydrogen (secondary N) is 2. The number of aromatic nitrogens is 3. The summed E-state index contributed by atoms with van der Waals surface area (Å²) in [5.74, 6) is 0.753. The van der Waals surface area contributed by atoms with Crippen molar-refractivity contribution in [1.29, 1.82) is 0 Å². The van der Waals surface area contributed by atoms with Gasteiger partial charge in [0.1, 0.15) is 6.42 Å². The molecule has 0 saturated carbocycles. The van der Waals surface area contributed by atoms with Gasteiger partial charge in [0.05, 0.1) is 12.6 Å². The van der Waals surface area contributed by atoms with Gasteiger partial charge in [0.25, 0.3) is 0 Å². The Hall–Kier alpha value is -3.07. The number of likely N-dealkylation sites (tertiary alicyclic amines) is 1. The Labute approximate surface area is 184 Å². The second-order valence-electron chi connectivity index (χ2n) is 7.84. The van der Waals surface area contributed by atoms with E-state index in [2.05, 4.69) is 20.4 Å². The van der Waals surface area contributed by atoms with E-state index in [0.717, 1.165) is 29.4 Å². The van der Waals surface area contributed by atoms with Crippen LogP contribution in [0.25, 0.3) is 10.9 Å². The van der Waals surface area contributed by atoms with E-state index in [-0.39, 0.29) is 24.4 Å². The van der Waals surface area contributed by atoms with Gasteiger partial charge in [-0.15, -0.1) is 0 Å². The van der Waals surface area contributed by atoms with Crippen LogP contribution in [0.5, 0.6) is 0 Å². The van der Waals surface area contributed by atoms with Crippen molar-refractivity contribution in [2.24, 2.45) is 0 Å². The first-order chi connectivity index (χ1) is 14.9. The summed E-state index contributed by atoms with van der Waals surface area (Å²) in [6, 6.07) is 7.37. The van der Waals surface area contributed by atoms with E-state index < -0.39 is 0 Å². The summed E-state index contributed by atoms with van der Waals surface area (Å²) in [5.41, 5.74) is 1.87. The second kappa shape index (κ2) is 8.97. The number of rotatable bonds is 5. The average molecular weight is 445 g/mol. The number of benzene rings is 1. The standard InChI is InChI=1S/C21H25ClN6O3/c1-13-24-19(31-26-13)10-20(29)28-7-3-4-17(12-28)27(2)21(30)23-11-16-9-14-8-15(22)5-6-18(14)25-16/h5-6,8-9,17,25H,3-4,7,10-12H2,1-2H3,(H,23,30)/t17-/m1/s1. The molecule has 9 nitrogen and oxygen atoms in total. The maximum Gasteiger partial charge on any atom is 0.317 e. The van der Waals surface area contributed by atoms with Gasteiger partial charge >= 0.3 is 6.03 Å². The third-order valence-electron chi connectivity index (χ3n) is 5.56. The minimum atomic E-state index is -0.177. The van der Waals surface area contributed by atoms with Crippen LogP contribution in [0.4, 0.5) is 4.79 Å². The Kier molecular flexibility index (Phi) is 6.13. The number of hydrogen-bond donors (Lipinski definition) is 2. The molecule has 3 heterocycles. The fourth-order valence-electron chi connectivity index (χ4n) is 3.87. The van der Waals surface area contributed by atoms with Crippen LogP contribution in [0.3, 0.4) is 0 Å². The Balaban J connectivity index is 1.31. The average Bonchev–Trinajstić information content (AvgIpc) is 3.36. The number of nitrogens with zero attached hydrogens (tertiary/aromatic N) is 4. The number of aromatic amines is 1. The lowest BCUT2D eigenvalue weighted by Gasteiger charge is -2.37. The Morgan fingerprint density at radius 2 is 2.23 bits per heavy atom. The minimum Gasteiger partial charge on any atom is -0.357 e. The number of urea groups is 1. The van der Waals surface area contributed by atoms with Crippen molar-refractivity contribution in [3.05, 3.63) is 46.7 Å². The van der Waals surface area contributed by atoms with Crippen LogP contribution in [0, 0.1) is 6.92 Å². The number of halogens is 1. The number of carbonyl (C=O) groups excluding carboxylic acids is 2. The molecule has 0 aliphatic carbocycles. The summed E-state index contributed by atoms with van der Waals surface area (Å²) < 4.78 is 5.05. The molecule has 3 amide bonds. The predicted molar refractivity (Wildman–Crippen MR) is 116 cm³/mol. The van der Waals surface area contributed by atoms with Gasteiger partial charge in [0.2, 0.25) is 11.8 Å². The second-order valence-corrected chi connectivity index (χ2v) is 8.28. The van der Waals surface area contributed by atoms with E-state index in [0.29, 0.717) is 36.4 Å². The van der Waals surface area contributed by atoms with E-state index in [4.69, 9.17) is 16.1 Å². The number of carbonyl (C=O) groups is 2. The maximum atomic E-state index is 12.7. The lowest BCUT2D eigenvalue weighted by atomic mass is 10.0. The van der Waals surface area contributed by atoms with Crippen LogP contribution in [-0.2, 0) is 17.8 Å². The molecule has 4 rings (SSSR count). The fraction of sp³-hybridized carbons (Fsp3) is 0.429. The first kappa shape index (κ1) is 21.2. The summed E-state index contributed by atoms with van der Waals surface area (Å²) in [5, 5.41) is 8.34. The lowest BCUT2D eigenvalue weighted by Crippen LogP contribution is -2.52. The van der Waals surface area contributed by atoms with Gasteiger partial charge in [-0.05, 0) is 44.0 Å². The summed E-state index contributed by atoms with van der Waals surface area (Å²) in [6.45, 7) is 3.24. The number of likely N-dealkylation sites (N-methyl/N-ethyl adjacent to an activating group) is 1. The normalized spacial score (nSPS) is 16.5. The SMILES string of the molecule is Cc1noc(CC(=O)N2CCC[C@@H](N(C)C(=O)NCc3cc4cc(Cl)ccc4[nH]3)C2)n1. The quantitative estimate of drug-likeness (QED) is 0.629. The number of piperidine rings is 1. The highest BCUT2D eigenvalue weighted by atomic mass is 35.5. The molecule has 2 aromatic heterocycles. The molecule has 0 radical (unpaired) electrons. The Morgan fingerprint density at radius 1 is 1.39 bits per heavy atom. The third-order valence-corrected chi connectivity index (χ3v) is 5.79. The van der Waals surface area contributed by atoms with E-state index in [1.165, 1.54) is 0 Å². The van der Waals surface area contributed by atoms with Crippen LogP contribution in [0.15, 0.2) is 28.8 Å².